The average molecular weight is 270 g/mol. The van der Waals surface area contributed by atoms with Crippen LogP contribution in [-0.4, -0.2) is 49.2 Å². The quantitative estimate of drug-likeness (QED) is 0.651. The Kier molecular flexibility index (Phi) is 6.27. The van der Waals surface area contributed by atoms with Crippen LogP contribution in [0.4, 0.5) is 0 Å². The van der Waals surface area contributed by atoms with Crippen molar-refractivity contribution < 1.29 is 9.53 Å². The number of likely N-dealkylation sites (N-methyl/N-ethyl adjacent to an activating group) is 1. The van der Waals surface area contributed by atoms with Gasteiger partial charge in [-0.15, -0.1) is 0 Å². The molecule has 4 nitrogen and oxygen atoms in total. The molecule has 1 rings (SSSR count). The van der Waals surface area contributed by atoms with Crippen LogP contribution in [0.2, 0.25) is 0 Å². The molecule has 0 aromatic carbocycles. The molecule has 112 valence electrons. The van der Waals surface area contributed by atoms with Crippen molar-refractivity contribution in [1.82, 2.24) is 10.2 Å². The molecule has 0 amide bonds. The van der Waals surface area contributed by atoms with Gasteiger partial charge in [0.2, 0.25) is 0 Å². The van der Waals surface area contributed by atoms with Gasteiger partial charge in [0.15, 0.2) is 0 Å². The van der Waals surface area contributed by atoms with Gasteiger partial charge in [-0.25, -0.2) is 0 Å². The van der Waals surface area contributed by atoms with Gasteiger partial charge >= 0.3 is 5.97 Å². The molecule has 19 heavy (non-hydrogen) atoms. The highest BCUT2D eigenvalue weighted by Crippen LogP contribution is 2.30. The van der Waals surface area contributed by atoms with E-state index in [0.29, 0.717) is 6.04 Å². The zero-order valence-electron chi connectivity index (χ0n) is 13.2. The SMILES string of the molecule is CCNC(C)(CCN(CC1CC1)C(C)C)C(=O)OC. The highest BCUT2D eigenvalue weighted by molar-refractivity contribution is 5.80. The monoisotopic (exact) mass is 270 g/mol. The summed E-state index contributed by atoms with van der Waals surface area (Å²) in [6.45, 7) is 11.3. The summed E-state index contributed by atoms with van der Waals surface area (Å²) in [4.78, 5) is 14.4. The van der Waals surface area contributed by atoms with E-state index in [4.69, 9.17) is 4.74 Å². The van der Waals surface area contributed by atoms with Crippen molar-refractivity contribution in [2.24, 2.45) is 5.92 Å². The van der Waals surface area contributed by atoms with E-state index < -0.39 is 5.54 Å². The fraction of sp³-hybridized carbons (Fsp3) is 0.933. The van der Waals surface area contributed by atoms with Crippen molar-refractivity contribution in [2.75, 3.05) is 26.7 Å². The van der Waals surface area contributed by atoms with Gasteiger partial charge in [-0.2, -0.15) is 0 Å². The van der Waals surface area contributed by atoms with E-state index in [9.17, 15) is 4.79 Å². The van der Waals surface area contributed by atoms with Crippen LogP contribution < -0.4 is 5.32 Å². The highest BCUT2D eigenvalue weighted by Gasteiger charge is 2.34. The third-order valence-corrected chi connectivity index (χ3v) is 4.02. The van der Waals surface area contributed by atoms with Gasteiger partial charge < -0.3 is 15.0 Å². The van der Waals surface area contributed by atoms with Crippen LogP contribution in [-0.2, 0) is 9.53 Å². The Morgan fingerprint density at radius 2 is 2.11 bits per heavy atom. The minimum Gasteiger partial charge on any atom is -0.468 e. The Bertz CT molecular complexity index is 290. The van der Waals surface area contributed by atoms with E-state index in [1.807, 2.05) is 13.8 Å². The van der Waals surface area contributed by atoms with E-state index in [-0.39, 0.29) is 5.97 Å². The van der Waals surface area contributed by atoms with Gasteiger partial charge in [-0.1, -0.05) is 6.92 Å². The molecular formula is C15H30N2O2. The number of carbonyl (C=O) groups excluding carboxylic acids is 1. The number of nitrogens with one attached hydrogen (secondary N) is 1. The van der Waals surface area contributed by atoms with Gasteiger partial charge in [0.25, 0.3) is 0 Å². The number of ether oxygens (including phenoxy) is 1. The second-order valence-electron chi connectivity index (χ2n) is 6.14. The lowest BCUT2D eigenvalue weighted by Crippen LogP contribution is -2.52. The summed E-state index contributed by atoms with van der Waals surface area (Å²) in [6, 6.07) is 0.532. The van der Waals surface area contributed by atoms with Crippen molar-refractivity contribution in [2.45, 2.75) is 58.5 Å². The summed E-state index contributed by atoms with van der Waals surface area (Å²) in [6.07, 6.45) is 3.52. The molecule has 0 saturated heterocycles. The van der Waals surface area contributed by atoms with Crippen molar-refractivity contribution in [3.63, 3.8) is 0 Å². The summed E-state index contributed by atoms with van der Waals surface area (Å²) in [5.41, 5.74) is -0.569. The summed E-state index contributed by atoms with van der Waals surface area (Å²) in [5.74, 6) is 0.718. The van der Waals surface area contributed by atoms with E-state index >= 15 is 0 Å². The molecule has 0 aromatic heterocycles. The Morgan fingerprint density at radius 3 is 2.53 bits per heavy atom. The average Bonchev–Trinajstić information content (AvgIpc) is 3.17. The zero-order valence-corrected chi connectivity index (χ0v) is 13.2. The molecule has 0 spiro atoms. The molecule has 0 heterocycles. The standard InChI is InChI=1S/C15H30N2O2/c1-6-16-15(4,14(18)19-5)9-10-17(12(2)3)11-13-7-8-13/h12-13,16H,6-11H2,1-5H3. The van der Waals surface area contributed by atoms with Crippen LogP contribution in [0.25, 0.3) is 0 Å². The molecule has 1 N–H and O–H groups in total. The van der Waals surface area contributed by atoms with Crippen LogP contribution in [0.1, 0.15) is 47.0 Å². The lowest BCUT2D eigenvalue weighted by Gasteiger charge is -2.33. The maximum Gasteiger partial charge on any atom is 0.325 e. The van der Waals surface area contributed by atoms with Crippen LogP contribution in [0, 0.1) is 5.92 Å². The number of methoxy groups -OCH3 is 1. The van der Waals surface area contributed by atoms with Crippen LogP contribution in [0.15, 0.2) is 0 Å². The second-order valence-corrected chi connectivity index (χ2v) is 6.14. The smallest absolute Gasteiger partial charge is 0.325 e. The van der Waals surface area contributed by atoms with Gasteiger partial charge in [-0.3, -0.25) is 4.79 Å². The van der Waals surface area contributed by atoms with Crippen molar-refractivity contribution in [1.29, 1.82) is 0 Å². The largest absolute Gasteiger partial charge is 0.468 e. The van der Waals surface area contributed by atoms with E-state index in [1.165, 1.54) is 26.5 Å². The van der Waals surface area contributed by atoms with Crippen molar-refractivity contribution >= 4 is 5.97 Å². The third kappa shape index (κ3) is 5.11. The first-order valence-electron chi connectivity index (χ1n) is 7.50. The topological polar surface area (TPSA) is 41.6 Å². The van der Waals surface area contributed by atoms with Crippen molar-refractivity contribution in [3.05, 3.63) is 0 Å². The lowest BCUT2D eigenvalue weighted by molar-refractivity contribution is -0.148. The highest BCUT2D eigenvalue weighted by atomic mass is 16.5. The van der Waals surface area contributed by atoms with E-state index in [0.717, 1.165) is 25.4 Å². The van der Waals surface area contributed by atoms with Gasteiger partial charge in [0.05, 0.1) is 7.11 Å². The zero-order chi connectivity index (χ0) is 14.5. The number of hydrogen-bond donors (Lipinski definition) is 1. The Labute approximate surface area is 117 Å². The van der Waals surface area contributed by atoms with Crippen LogP contribution in [0.5, 0.6) is 0 Å². The lowest BCUT2D eigenvalue weighted by atomic mass is 9.97. The number of carbonyl (C=O) groups is 1. The molecule has 1 unspecified atom stereocenters. The molecule has 1 atom stereocenters. The van der Waals surface area contributed by atoms with Crippen LogP contribution >= 0.6 is 0 Å². The minimum atomic E-state index is -0.569. The molecule has 1 aliphatic carbocycles. The van der Waals surface area contributed by atoms with E-state index in [2.05, 4.69) is 24.1 Å². The summed E-state index contributed by atoms with van der Waals surface area (Å²) >= 11 is 0. The number of rotatable bonds is 9. The minimum absolute atomic E-state index is 0.163. The predicted molar refractivity (Wildman–Crippen MR) is 78.1 cm³/mol. The first kappa shape index (κ1) is 16.4. The first-order chi connectivity index (χ1) is 8.92. The molecule has 0 aromatic rings. The molecule has 0 bridgehead atoms. The Balaban J connectivity index is 2.54. The van der Waals surface area contributed by atoms with Crippen LogP contribution in [0.3, 0.4) is 0 Å². The van der Waals surface area contributed by atoms with Gasteiger partial charge in [0, 0.05) is 19.1 Å². The molecule has 4 heteroatoms. The number of hydrogen-bond acceptors (Lipinski definition) is 4. The Hall–Kier alpha value is -0.610. The first-order valence-corrected chi connectivity index (χ1v) is 7.50. The maximum absolute atomic E-state index is 11.9. The number of esters is 1. The fourth-order valence-electron chi connectivity index (χ4n) is 2.44. The molecular weight excluding hydrogens is 240 g/mol. The summed E-state index contributed by atoms with van der Waals surface area (Å²) in [7, 11) is 1.46. The molecule has 1 saturated carbocycles. The molecule has 0 aliphatic heterocycles. The van der Waals surface area contributed by atoms with Gasteiger partial charge in [0.1, 0.15) is 5.54 Å². The fourth-order valence-corrected chi connectivity index (χ4v) is 2.44. The third-order valence-electron chi connectivity index (χ3n) is 4.02. The number of nitrogens with zero attached hydrogens (tertiary/aromatic N) is 1. The predicted octanol–water partition coefficient (Wildman–Crippen LogP) is 2.04. The maximum atomic E-state index is 11.9. The molecule has 1 fully saturated rings. The summed E-state index contributed by atoms with van der Waals surface area (Å²) in [5, 5.41) is 3.27. The molecule has 0 radical (unpaired) electrons. The summed E-state index contributed by atoms with van der Waals surface area (Å²) < 4.78 is 4.93. The van der Waals surface area contributed by atoms with Crippen molar-refractivity contribution in [3.8, 4) is 0 Å². The van der Waals surface area contributed by atoms with E-state index in [1.54, 1.807) is 0 Å². The van der Waals surface area contributed by atoms with Gasteiger partial charge in [-0.05, 0) is 52.5 Å². The second kappa shape index (κ2) is 7.25. The molecule has 1 aliphatic rings. The normalized spacial score (nSPS) is 18.7. The Morgan fingerprint density at radius 1 is 1.47 bits per heavy atom.